The van der Waals surface area contributed by atoms with Gasteiger partial charge in [0, 0.05) is 37.5 Å². The second-order valence-corrected chi connectivity index (χ2v) is 4.71. The van der Waals surface area contributed by atoms with Crippen LogP contribution in [-0.2, 0) is 19.0 Å². The standard InChI is InChI=1S/C13H15F2N3/c1-13(16,8-12-17-3-4-18(12)2)9-5-10(14)7-11(15)6-9/h3-7H,8,16H2,1-2H3. The van der Waals surface area contributed by atoms with Crippen LogP contribution in [0.2, 0.25) is 0 Å². The van der Waals surface area contributed by atoms with Crippen LogP contribution in [0.15, 0.2) is 30.6 Å². The van der Waals surface area contributed by atoms with Crippen LogP contribution in [-0.4, -0.2) is 9.55 Å². The lowest BCUT2D eigenvalue weighted by molar-refractivity contribution is 0.461. The molecule has 1 aromatic carbocycles. The predicted octanol–water partition coefficient (Wildman–Crippen LogP) is 2.11. The fraction of sp³-hybridized carbons (Fsp3) is 0.308. The number of imidazole rings is 1. The summed E-state index contributed by atoms with van der Waals surface area (Å²) in [7, 11) is 1.85. The molecule has 0 aliphatic rings. The van der Waals surface area contributed by atoms with Crippen LogP contribution >= 0.6 is 0 Å². The molecular formula is C13H15F2N3. The van der Waals surface area contributed by atoms with E-state index < -0.39 is 17.2 Å². The Labute approximate surface area is 104 Å². The van der Waals surface area contributed by atoms with Gasteiger partial charge in [0.15, 0.2) is 0 Å². The molecule has 0 bridgehead atoms. The van der Waals surface area contributed by atoms with Gasteiger partial charge in [-0.2, -0.15) is 0 Å². The SMILES string of the molecule is Cn1ccnc1CC(C)(N)c1cc(F)cc(F)c1. The summed E-state index contributed by atoms with van der Waals surface area (Å²) in [5.74, 6) is -0.479. The molecule has 96 valence electrons. The largest absolute Gasteiger partial charge is 0.338 e. The summed E-state index contributed by atoms with van der Waals surface area (Å²) < 4.78 is 28.2. The molecule has 1 unspecified atom stereocenters. The molecule has 2 aromatic rings. The number of benzene rings is 1. The molecule has 0 saturated heterocycles. The predicted molar refractivity (Wildman–Crippen MR) is 64.8 cm³/mol. The highest BCUT2D eigenvalue weighted by atomic mass is 19.1. The minimum Gasteiger partial charge on any atom is -0.338 e. The van der Waals surface area contributed by atoms with Crippen LogP contribution in [0.3, 0.4) is 0 Å². The number of nitrogens with two attached hydrogens (primary N) is 1. The number of aromatic nitrogens is 2. The highest BCUT2D eigenvalue weighted by Gasteiger charge is 2.24. The first kappa shape index (κ1) is 12.7. The Morgan fingerprint density at radius 3 is 2.39 bits per heavy atom. The first-order valence-corrected chi connectivity index (χ1v) is 5.60. The molecule has 0 spiro atoms. The molecular weight excluding hydrogens is 236 g/mol. The molecule has 0 radical (unpaired) electrons. The number of rotatable bonds is 3. The van der Waals surface area contributed by atoms with E-state index in [1.807, 2.05) is 11.6 Å². The van der Waals surface area contributed by atoms with Crippen molar-refractivity contribution < 1.29 is 8.78 Å². The van der Waals surface area contributed by atoms with Crippen molar-refractivity contribution in [1.29, 1.82) is 0 Å². The molecule has 5 heteroatoms. The van der Waals surface area contributed by atoms with Crippen LogP contribution in [0.4, 0.5) is 8.78 Å². The number of aryl methyl sites for hydroxylation is 1. The van der Waals surface area contributed by atoms with Gasteiger partial charge in [0.2, 0.25) is 0 Å². The van der Waals surface area contributed by atoms with Crippen molar-refractivity contribution in [3.05, 3.63) is 53.6 Å². The van der Waals surface area contributed by atoms with Crippen molar-refractivity contribution in [1.82, 2.24) is 9.55 Å². The molecule has 0 aliphatic heterocycles. The summed E-state index contributed by atoms with van der Waals surface area (Å²) in [4.78, 5) is 4.17. The van der Waals surface area contributed by atoms with Crippen molar-refractivity contribution in [3.8, 4) is 0 Å². The van der Waals surface area contributed by atoms with Crippen molar-refractivity contribution in [2.75, 3.05) is 0 Å². The maximum absolute atomic E-state index is 13.2. The fourth-order valence-corrected chi connectivity index (χ4v) is 1.88. The third kappa shape index (κ3) is 2.56. The summed E-state index contributed by atoms with van der Waals surface area (Å²) >= 11 is 0. The summed E-state index contributed by atoms with van der Waals surface area (Å²) in [6.07, 6.45) is 3.87. The normalized spacial score (nSPS) is 14.5. The van der Waals surface area contributed by atoms with Crippen molar-refractivity contribution in [2.45, 2.75) is 18.9 Å². The van der Waals surface area contributed by atoms with E-state index in [4.69, 9.17) is 5.73 Å². The van der Waals surface area contributed by atoms with E-state index in [2.05, 4.69) is 4.98 Å². The van der Waals surface area contributed by atoms with Crippen LogP contribution < -0.4 is 5.73 Å². The van der Waals surface area contributed by atoms with Crippen LogP contribution in [0, 0.1) is 11.6 Å². The third-order valence-corrected chi connectivity index (χ3v) is 2.97. The molecule has 0 saturated carbocycles. The second kappa shape index (κ2) is 4.49. The smallest absolute Gasteiger partial charge is 0.126 e. The van der Waals surface area contributed by atoms with Crippen LogP contribution in [0.5, 0.6) is 0 Å². The maximum Gasteiger partial charge on any atom is 0.126 e. The Balaban J connectivity index is 2.33. The minimum absolute atomic E-state index is 0.402. The van der Waals surface area contributed by atoms with E-state index in [0.29, 0.717) is 12.0 Å². The van der Waals surface area contributed by atoms with Gasteiger partial charge in [0.1, 0.15) is 17.5 Å². The molecule has 0 amide bonds. The quantitative estimate of drug-likeness (QED) is 0.908. The Morgan fingerprint density at radius 2 is 1.89 bits per heavy atom. The molecule has 3 nitrogen and oxygen atoms in total. The fourth-order valence-electron chi connectivity index (χ4n) is 1.88. The van der Waals surface area contributed by atoms with Crippen molar-refractivity contribution in [2.24, 2.45) is 12.8 Å². The molecule has 1 heterocycles. The van der Waals surface area contributed by atoms with Gasteiger partial charge in [-0.1, -0.05) is 0 Å². The lowest BCUT2D eigenvalue weighted by atomic mass is 9.89. The van der Waals surface area contributed by atoms with Gasteiger partial charge in [-0.25, -0.2) is 13.8 Å². The second-order valence-electron chi connectivity index (χ2n) is 4.71. The van der Waals surface area contributed by atoms with E-state index in [0.717, 1.165) is 11.9 Å². The van der Waals surface area contributed by atoms with Crippen molar-refractivity contribution >= 4 is 0 Å². The van der Waals surface area contributed by atoms with Gasteiger partial charge in [0.25, 0.3) is 0 Å². The van der Waals surface area contributed by atoms with Gasteiger partial charge in [0.05, 0.1) is 0 Å². The topological polar surface area (TPSA) is 43.8 Å². The summed E-state index contributed by atoms with van der Waals surface area (Å²) in [6.45, 7) is 1.73. The Morgan fingerprint density at radius 1 is 1.28 bits per heavy atom. The average Bonchev–Trinajstić information content (AvgIpc) is 2.62. The summed E-state index contributed by atoms with van der Waals surface area (Å²) in [6, 6.07) is 3.35. The van der Waals surface area contributed by atoms with E-state index in [-0.39, 0.29) is 0 Å². The van der Waals surface area contributed by atoms with Gasteiger partial charge in [-0.15, -0.1) is 0 Å². The van der Waals surface area contributed by atoms with Crippen molar-refractivity contribution in [3.63, 3.8) is 0 Å². The molecule has 18 heavy (non-hydrogen) atoms. The van der Waals surface area contributed by atoms with Gasteiger partial charge in [-0.05, 0) is 24.6 Å². The Bertz CT molecular complexity index is 541. The number of halogens is 2. The minimum atomic E-state index is -0.873. The van der Waals surface area contributed by atoms with E-state index in [1.165, 1.54) is 12.1 Å². The Hall–Kier alpha value is -1.75. The molecule has 1 atom stereocenters. The highest BCUT2D eigenvalue weighted by molar-refractivity contribution is 5.26. The van der Waals surface area contributed by atoms with E-state index in [1.54, 1.807) is 19.3 Å². The Kier molecular flexibility index (Phi) is 3.17. The lowest BCUT2D eigenvalue weighted by Crippen LogP contribution is -2.36. The zero-order chi connectivity index (χ0) is 13.3. The molecule has 0 fully saturated rings. The number of hydrogen-bond donors (Lipinski definition) is 1. The van der Waals surface area contributed by atoms with Crippen LogP contribution in [0.25, 0.3) is 0 Å². The zero-order valence-corrected chi connectivity index (χ0v) is 10.3. The maximum atomic E-state index is 13.2. The molecule has 2 N–H and O–H groups in total. The summed E-state index contributed by atoms with van der Waals surface area (Å²) in [5, 5.41) is 0. The van der Waals surface area contributed by atoms with Gasteiger partial charge >= 0.3 is 0 Å². The summed E-state index contributed by atoms with van der Waals surface area (Å²) in [5.41, 5.74) is 5.70. The molecule has 1 aromatic heterocycles. The molecule has 0 aliphatic carbocycles. The van der Waals surface area contributed by atoms with Crippen LogP contribution in [0.1, 0.15) is 18.3 Å². The monoisotopic (exact) mass is 251 g/mol. The first-order chi connectivity index (χ1) is 8.38. The number of nitrogens with zero attached hydrogens (tertiary/aromatic N) is 2. The van der Waals surface area contributed by atoms with E-state index in [9.17, 15) is 8.78 Å². The van der Waals surface area contributed by atoms with Gasteiger partial charge < -0.3 is 10.3 Å². The highest BCUT2D eigenvalue weighted by Crippen LogP contribution is 2.23. The van der Waals surface area contributed by atoms with E-state index >= 15 is 0 Å². The number of hydrogen-bond acceptors (Lipinski definition) is 2. The molecule has 2 rings (SSSR count). The third-order valence-electron chi connectivity index (χ3n) is 2.97. The lowest BCUT2D eigenvalue weighted by Gasteiger charge is -2.25. The first-order valence-electron chi connectivity index (χ1n) is 5.60. The van der Waals surface area contributed by atoms with Gasteiger partial charge in [-0.3, -0.25) is 0 Å². The average molecular weight is 251 g/mol. The zero-order valence-electron chi connectivity index (χ0n) is 10.3.